The van der Waals surface area contributed by atoms with Gasteiger partial charge >= 0.3 is 11.9 Å². The minimum Gasteiger partial charge on any atom is -0.462 e. The average molecular weight is 483 g/mol. The molecule has 2 spiro atoms. The van der Waals surface area contributed by atoms with Crippen LogP contribution >= 0.6 is 0 Å². The number of rotatable bonds is 0. The Labute approximate surface area is 206 Å². The smallest absolute Gasteiger partial charge is 0.339 e. The van der Waals surface area contributed by atoms with Gasteiger partial charge in [-0.05, 0) is 50.7 Å². The summed E-state index contributed by atoms with van der Waals surface area (Å²) in [6.07, 6.45) is 16.5. The lowest BCUT2D eigenvalue weighted by Gasteiger charge is -2.42. The molecule has 1 aromatic rings. The van der Waals surface area contributed by atoms with Crippen molar-refractivity contribution < 1.29 is 33.3 Å². The van der Waals surface area contributed by atoms with Gasteiger partial charge in [-0.15, -0.1) is 0 Å². The van der Waals surface area contributed by atoms with Gasteiger partial charge in [-0.1, -0.05) is 36.4 Å². The van der Waals surface area contributed by atoms with Crippen molar-refractivity contribution in [2.45, 2.75) is 88.0 Å². The Balaban J connectivity index is 1.32. The molecule has 0 amide bonds. The van der Waals surface area contributed by atoms with E-state index in [0.29, 0.717) is 12.8 Å². The molecule has 0 radical (unpaired) electrons. The maximum Gasteiger partial charge on any atom is 0.339 e. The number of esters is 2. The van der Waals surface area contributed by atoms with Crippen molar-refractivity contribution in [3.63, 3.8) is 0 Å². The molecule has 0 aliphatic carbocycles. The van der Waals surface area contributed by atoms with Gasteiger partial charge in [-0.3, -0.25) is 0 Å². The third-order valence-electron chi connectivity index (χ3n) is 7.19. The Kier molecular flexibility index (Phi) is 7.37. The molecule has 3 saturated heterocycles. The van der Waals surface area contributed by atoms with Crippen LogP contribution in [0.25, 0.3) is 0 Å². The Morgan fingerprint density at radius 3 is 1.66 bits per heavy atom. The van der Waals surface area contributed by atoms with Gasteiger partial charge in [0.2, 0.25) is 0 Å². The fourth-order valence-electron chi connectivity index (χ4n) is 5.47. The van der Waals surface area contributed by atoms with E-state index in [2.05, 4.69) is 0 Å². The second-order valence-electron chi connectivity index (χ2n) is 9.77. The molecule has 4 bridgehead atoms. The summed E-state index contributed by atoms with van der Waals surface area (Å²) < 4.78 is 30.4. The molecule has 4 aliphatic heterocycles. The fourth-order valence-corrected chi connectivity index (χ4v) is 5.47. The number of carbonyl (C=O) groups is 2. The third kappa shape index (κ3) is 5.68. The minimum absolute atomic E-state index is 0.0292. The molecule has 0 N–H and O–H groups in total. The van der Waals surface area contributed by atoms with Crippen LogP contribution in [0.5, 0.6) is 0 Å². The van der Waals surface area contributed by atoms with Gasteiger partial charge in [0.25, 0.3) is 0 Å². The largest absolute Gasteiger partial charge is 0.462 e. The first kappa shape index (κ1) is 24.2. The molecule has 5 rings (SSSR count). The lowest BCUT2D eigenvalue weighted by atomic mass is 9.95. The summed E-state index contributed by atoms with van der Waals surface area (Å²) >= 11 is 0. The predicted molar refractivity (Wildman–Crippen MR) is 128 cm³/mol. The number of cyclic esters (lactones) is 2. The summed E-state index contributed by atoms with van der Waals surface area (Å²) in [5, 5.41) is 0. The fraction of sp³-hybridized carbons (Fsp3) is 0.571. The highest BCUT2D eigenvalue weighted by Gasteiger charge is 2.54. The first-order valence-corrected chi connectivity index (χ1v) is 12.9. The topological polar surface area (TPSA) is 80.3 Å². The zero-order chi connectivity index (χ0) is 24.1. The molecule has 1 aromatic carbocycles. The van der Waals surface area contributed by atoms with Crippen LogP contribution in [0.4, 0.5) is 0 Å². The van der Waals surface area contributed by atoms with E-state index in [-0.39, 0.29) is 36.5 Å². The van der Waals surface area contributed by atoms with E-state index in [1.807, 2.05) is 24.3 Å². The van der Waals surface area contributed by atoms with E-state index in [4.69, 9.17) is 23.7 Å². The van der Waals surface area contributed by atoms with E-state index in [1.165, 1.54) is 0 Å². The molecule has 35 heavy (non-hydrogen) atoms. The van der Waals surface area contributed by atoms with E-state index in [1.54, 1.807) is 24.3 Å². The molecule has 0 aromatic heterocycles. The number of hydrogen-bond acceptors (Lipinski definition) is 7. The van der Waals surface area contributed by atoms with Gasteiger partial charge < -0.3 is 23.7 Å². The molecular formula is C28H34O7. The van der Waals surface area contributed by atoms with Crippen LogP contribution in [0.2, 0.25) is 0 Å². The van der Waals surface area contributed by atoms with E-state index >= 15 is 0 Å². The van der Waals surface area contributed by atoms with Crippen molar-refractivity contribution in [3.05, 3.63) is 59.7 Å². The van der Waals surface area contributed by atoms with E-state index in [9.17, 15) is 9.59 Å². The van der Waals surface area contributed by atoms with Crippen molar-refractivity contribution in [3.8, 4) is 0 Å². The average Bonchev–Trinajstić information content (AvgIpc) is 3.19. The van der Waals surface area contributed by atoms with Crippen molar-refractivity contribution in [2.75, 3.05) is 13.2 Å². The van der Waals surface area contributed by atoms with E-state index < -0.39 is 23.5 Å². The zero-order valence-electron chi connectivity index (χ0n) is 20.1. The highest BCUT2D eigenvalue weighted by Crippen LogP contribution is 2.49. The van der Waals surface area contributed by atoms with Crippen molar-refractivity contribution in [1.82, 2.24) is 0 Å². The standard InChI is InChI=1S/C28H34O7/c29-25-23-13-1-2-14-24(23)26(30)32-20-6-4-10-22-12-8-16-28(34-22)18-17-27(35-28)15-7-11-21(33-27)9-3-5-19-31-25/h1-4,9-10,13-14,21-22H,5-8,11-12,15-20H2/b9-3+,10-4+/t21-,22+,27+,28-. The van der Waals surface area contributed by atoms with Crippen LogP contribution in [0.3, 0.4) is 0 Å². The summed E-state index contributed by atoms with van der Waals surface area (Å²) in [7, 11) is 0. The summed E-state index contributed by atoms with van der Waals surface area (Å²) in [4.78, 5) is 25.2. The molecule has 0 unspecified atom stereocenters. The lowest BCUT2D eigenvalue weighted by molar-refractivity contribution is -0.351. The van der Waals surface area contributed by atoms with Crippen LogP contribution in [0.1, 0.15) is 84.9 Å². The maximum absolute atomic E-state index is 12.6. The second kappa shape index (κ2) is 10.6. The molecule has 4 atom stereocenters. The van der Waals surface area contributed by atoms with Gasteiger partial charge in [0.15, 0.2) is 11.6 Å². The van der Waals surface area contributed by atoms with Gasteiger partial charge in [-0.2, -0.15) is 0 Å². The molecular weight excluding hydrogens is 448 g/mol. The summed E-state index contributed by atoms with van der Waals surface area (Å²) in [6, 6.07) is 6.59. The van der Waals surface area contributed by atoms with Crippen LogP contribution in [-0.2, 0) is 23.7 Å². The molecule has 4 aliphatic rings. The number of benzene rings is 1. The molecule has 4 heterocycles. The first-order chi connectivity index (χ1) is 17.1. The normalized spacial score (nSPS) is 36.1. The molecule has 188 valence electrons. The highest BCUT2D eigenvalue weighted by atomic mass is 16.8. The van der Waals surface area contributed by atoms with Gasteiger partial charge in [0.05, 0.1) is 36.5 Å². The quantitative estimate of drug-likeness (QED) is 0.369. The molecule has 7 heteroatoms. The Morgan fingerprint density at radius 1 is 0.686 bits per heavy atom. The number of fused-ring (bicyclic) bond motifs is 3. The first-order valence-electron chi connectivity index (χ1n) is 12.9. The van der Waals surface area contributed by atoms with Crippen LogP contribution in [0.15, 0.2) is 48.6 Å². The second-order valence-corrected chi connectivity index (χ2v) is 9.77. The van der Waals surface area contributed by atoms with Crippen molar-refractivity contribution >= 4 is 11.9 Å². The summed E-state index contributed by atoms with van der Waals surface area (Å²) in [5.41, 5.74) is 0.434. The van der Waals surface area contributed by atoms with E-state index in [0.717, 1.165) is 51.4 Å². The Hall–Kier alpha value is -2.48. The SMILES string of the molecule is O=C1OCC/C=C/[C@@H]2CCC[C@]3(CC[C@@]4(CCC[C@H](/C=C/CCOC(=O)c5ccccc51)O4)O3)O2. The van der Waals surface area contributed by atoms with Gasteiger partial charge in [-0.25, -0.2) is 9.59 Å². The summed E-state index contributed by atoms with van der Waals surface area (Å²) in [5.74, 6) is -2.22. The van der Waals surface area contributed by atoms with Crippen LogP contribution in [0, 0.1) is 0 Å². The Bertz CT molecular complexity index is 908. The number of hydrogen-bond donors (Lipinski definition) is 0. The number of ether oxygens (including phenoxy) is 5. The highest BCUT2D eigenvalue weighted by molar-refractivity contribution is 6.03. The number of carbonyl (C=O) groups excluding carboxylic acids is 2. The maximum atomic E-state index is 12.6. The molecule has 0 saturated carbocycles. The van der Waals surface area contributed by atoms with Crippen molar-refractivity contribution in [1.29, 1.82) is 0 Å². The zero-order valence-corrected chi connectivity index (χ0v) is 20.1. The predicted octanol–water partition coefficient (Wildman–Crippen LogP) is 5.25. The Morgan fingerprint density at radius 2 is 1.17 bits per heavy atom. The van der Waals surface area contributed by atoms with Crippen LogP contribution in [-0.4, -0.2) is 48.9 Å². The molecule has 3 fully saturated rings. The van der Waals surface area contributed by atoms with Gasteiger partial charge in [0, 0.05) is 25.7 Å². The monoisotopic (exact) mass is 482 g/mol. The minimum atomic E-state index is -0.581. The lowest BCUT2D eigenvalue weighted by Crippen LogP contribution is -2.46. The third-order valence-corrected chi connectivity index (χ3v) is 7.19. The molecule has 7 nitrogen and oxygen atoms in total. The van der Waals surface area contributed by atoms with Gasteiger partial charge in [0.1, 0.15) is 0 Å². The van der Waals surface area contributed by atoms with Crippen molar-refractivity contribution in [2.24, 2.45) is 0 Å². The summed E-state index contributed by atoms with van der Waals surface area (Å²) in [6.45, 7) is 0.437. The van der Waals surface area contributed by atoms with Crippen LogP contribution < -0.4 is 0 Å².